The Morgan fingerprint density at radius 2 is 1.83 bits per heavy atom. The lowest BCUT2D eigenvalue weighted by Gasteiger charge is -2.09. The molecule has 0 bridgehead atoms. The highest BCUT2D eigenvalue weighted by Gasteiger charge is 2.14. The number of amides is 1. The van der Waals surface area contributed by atoms with E-state index >= 15 is 0 Å². The summed E-state index contributed by atoms with van der Waals surface area (Å²) in [6.45, 7) is 6.63. The van der Waals surface area contributed by atoms with Gasteiger partial charge in [0.2, 0.25) is 5.91 Å². The first-order valence-corrected chi connectivity index (χ1v) is 10.4. The van der Waals surface area contributed by atoms with Crippen molar-refractivity contribution < 1.29 is 14.3 Å². The van der Waals surface area contributed by atoms with Crippen molar-refractivity contribution in [1.82, 2.24) is 14.8 Å². The summed E-state index contributed by atoms with van der Waals surface area (Å²) in [6, 6.07) is 15.0. The van der Waals surface area contributed by atoms with E-state index < -0.39 is 0 Å². The first-order valence-electron chi connectivity index (χ1n) is 9.38. The molecule has 30 heavy (non-hydrogen) atoms. The first-order chi connectivity index (χ1) is 14.6. The third kappa shape index (κ3) is 5.87. The van der Waals surface area contributed by atoms with Gasteiger partial charge in [-0.3, -0.25) is 9.36 Å². The second-order valence-corrected chi connectivity index (χ2v) is 7.41. The van der Waals surface area contributed by atoms with E-state index in [0.29, 0.717) is 23.2 Å². The summed E-state index contributed by atoms with van der Waals surface area (Å²) in [5, 5.41) is 11.9. The lowest BCUT2D eigenvalue weighted by atomic mass is 10.2. The lowest BCUT2D eigenvalue weighted by Crippen LogP contribution is -2.15. The fourth-order valence-electron chi connectivity index (χ4n) is 2.63. The predicted molar refractivity (Wildman–Crippen MR) is 118 cm³/mol. The van der Waals surface area contributed by atoms with Gasteiger partial charge in [-0.25, -0.2) is 0 Å². The van der Waals surface area contributed by atoms with Gasteiger partial charge in [-0.1, -0.05) is 35.5 Å². The van der Waals surface area contributed by atoms with Crippen LogP contribution in [-0.4, -0.2) is 33.5 Å². The standard InChI is InChI=1S/C22H24N4O3S/c1-4-13-26-20(14-29-19-9-5-16(2)6-10-19)24-25-22(26)30-15-21(27)23-17-7-11-18(28-3)12-8-17/h4-12H,1,13-15H2,2-3H3,(H,23,27). The molecule has 0 radical (unpaired) electrons. The van der Waals surface area contributed by atoms with Crippen LogP contribution in [0.5, 0.6) is 11.5 Å². The number of thioether (sulfide) groups is 1. The molecule has 3 aromatic rings. The van der Waals surface area contributed by atoms with Crippen LogP contribution in [-0.2, 0) is 17.9 Å². The zero-order chi connectivity index (χ0) is 21.3. The van der Waals surface area contributed by atoms with Crippen LogP contribution in [0.3, 0.4) is 0 Å². The molecule has 1 N–H and O–H groups in total. The quantitative estimate of drug-likeness (QED) is 0.390. The van der Waals surface area contributed by atoms with Gasteiger partial charge in [0.1, 0.15) is 18.1 Å². The van der Waals surface area contributed by atoms with Crippen LogP contribution < -0.4 is 14.8 Å². The monoisotopic (exact) mass is 424 g/mol. The fraction of sp³-hybridized carbons (Fsp3) is 0.227. The Labute approximate surface area is 180 Å². The predicted octanol–water partition coefficient (Wildman–Crippen LogP) is 4.09. The second kappa shape index (κ2) is 10.5. The molecule has 0 spiro atoms. The Kier molecular flexibility index (Phi) is 7.51. The van der Waals surface area contributed by atoms with E-state index in [1.807, 2.05) is 35.8 Å². The zero-order valence-electron chi connectivity index (χ0n) is 17.0. The maximum atomic E-state index is 12.3. The van der Waals surface area contributed by atoms with Crippen LogP contribution in [0.1, 0.15) is 11.4 Å². The molecule has 1 amide bonds. The number of allylic oxidation sites excluding steroid dienone is 1. The summed E-state index contributed by atoms with van der Waals surface area (Å²) >= 11 is 1.32. The molecular formula is C22H24N4O3S. The van der Waals surface area contributed by atoms with Gasteiger partial charge in [0.05, 0.1) is 12.9 Å². The van der Waals surface area contributed by atoms with Crippen molar-refractivity contribution in [2.24, 2.45) is 0 Å². The van der Waals surface area contributed by atoms with Crippen LogP contribution in [0.25, 0.3) is 0 Å². The van der Waals surface area contributed by atoms with Gasteiger partial charge < -0.3 is 14.8 Å². The van der Waals surface area contributed by atoms with E-state index in [1.165, 1.54) is 17.3 Å². The number of anilines is 1. The maximum Gasteiger partial charge on any atom is 0.234 e. The van der Waals surface area contributed by atoms with Gasteiger partial charge >= 0.3 is 0 Å². The van der Waals surface area contributed by atoms with E-state index in [0.717, 1.165) is 11.5 Å². The van der Waals surface area contributed by atoms with Gasteiger partial charge in [0.15, 0.2) is 11.0 Å². The summed E-state index contributed by atoms with van der Waals surface area (Å²) < 4.78 is 12.8. The molecule has 0 saturated carbocycles. The molecule has 0 saturated heterocycles. The average molecular weight is 425 g/mol. The van der Waals surface area contributed by atoms with Crippen molar-refractivity contribution in [2.45, 2.75) is 25.2 Å². The number of aromatic nitrogens is 3. The van der Waals surface area contributed by atoms with Crippen molar-refractivity contribution in [3.8, 4) is 11.5 Å². The molecular weight excluding hydrogens is 400 g/mol. The number of hydrogen-bond donors (Lipinski definition) is 1. The molecule has 0 aliphatic heterocycles. The minimum Gasteiger partial charge on any atom is -0.497 e. The van der Waals surface area contributed by atoms with E-state index in [4.69, 9.17) is 9.47 Å². The van der Waals surface area contributed by atoms with Crippen LogP contribution in [0, 0.1) is 6.92 Å². The van der Waals surface area contributed by atoms with E-state index in [-0.39, 0.29) is 18.3 Å². The summed E-state index contributed by atoms with van der Waals surface area (Å²) in [6.07, 6.45) is 1.76. The summed E-state index contributed by atoms with van der Waals surface area (Å²) in [5.41, 5.74) is 1.88. The Bertz CT molecular complexity index is 985. The number of nitrogens with one attached hydrogen (secondary N) is 1. The van der Waals surface area contributed by atoms with Crippen molar-refractivity contribution >= 4 is 23.4 Å². The van der Waals surface area contributed by atoms with Crippen molar-refractivity contribution in [2.75, 3.05) is 18.2 Å². The number of aryl methyl sites for hydroxylation is 1. The van der Waals surface area contributed by atoms with Crippen molar-refractivity contribution in [1.29, 1.82) is 0 Å². The summed E-state index contributed by atoms with van der Waals surface area (Å²) in [5.74, 6) is 2.26. The summed E-state index contributed by atoms with van der Waals surface area (Å²) in [7, 11) is 1.60. The van der Waals surface area contributed by atoms with Crippen LogP contribution in [0.4, 0.5) is 5.69 Å². The number of carbonyl (C=O) groups is 1. The van der Waals surface area contributed by atoms with Crippen molar-refractivity contribution in [3.05, 3.63) is 72.6 Å². The molecule has 8 heteroatoms. The number of nitrogens with zero attached hydrogens (tertiary/aromatic N) is 3. The molecule has 0 unspecified atom stereocenters. The second-order valence-electron chi connectivity index (χ2n) is 6.47. The lowest BCUT2D eigenvalue weighted by molar-refractivity contribution is -0.113. The highest BCUT2D eigenvalue weighted by Crippen LogP contribution is 2.20. The molecule has 0 atom stereocenters. The van der Waals surface area contributed by atoms with E-state index in [9.17, 15) is 4.79 Å². The molecule has 0 fully saturated rings. The van der Waals surface area contributed by atoms with Crippen LogP contribution in [0.2, 0.25) is 0 Å². The molecule has 2 aromatic carbocycles. The molecule has 1 heterocycles. The molecule has 156 valence electrons. The molecule has 3 rings (SSSR count). The van der Waals surface area contributed by atoms with E-state index in [2.05, 4.69) is 22.1 Å². The Morgan fingerprint density at radius 3 is 2.50 bits per heavy atom. The third-order valence-electron chi connectivity index (χ3n) is 4.20. The van der Waals surface area contributed by atoms with Gasteiger partial charge in [0, 0.05) is 12.2 Å². The maximum absolute atomic E-state index is 12.3. The highest BCUT2D eigenvalue weighted by atomic mass is 32.2. The SMILES string of the molecule is C=CCn1c(COc2ccc(C)cc2)nnc1SCC(=O)Nc1ccc(OC)cc1. The fourth-order valence-corrected chi connectivity index (χ4v) is 3.40. The Morgan fingerprint density at radius 1 is 1.13 bits per heavy atom. The number of methoxy groups -OCH3 is 1. The minimum absolute atomic E-state index is 0.129. The van der Waals surface area contributed by atoms with Gasteiger partial charge in [-0.2, -0.15) is 0 Å². The first kappa shape index (κ1) is 21.4. The number of ether oxygens (including phenoxy) is 2. The minimum atomic E-state index is -0.129. The van der Waals surface area contributed by atoms with Crippen LogP contribution in [0.15, 0.2) is 66.3 Å². The summed E-state index contributed by atoms with van der Waals surface area (Å²) in [4.78, 5) is 12.3. The topological polar surface area (TPSA) is 78.3 Å². The Balaban J connectivity index is 1.58. The highest BCUT2D eigenvalue weighted by molar-refractivity contribution is 7.99. The number of carbonyl (C=O) groups excluding carboxylic acids is 1. The zero-order valence-corrected chi connectivity index (χ0v) is 17.8. The van der Waals surface area contributed by atoms with Gasteiger partial charge in [-0.05, 0) is 43.3 Å². The number of benzene rings is 2. The molecule has 7 nitrogen and oxygen atoms in total. The third-order valence-corrected chi connectivity index (χ3v) is 5.17. The van der Waals surface area contributed by atoms with Gasteiger partial charge in [0.25, 0.3) is 0 Å². The largest absolute Gasteiger partial charge is 0.497 e. The smallest absolute Gasteiger partial charge is 0.234 e. The molecule has 0 aliphatic rings. The molecule has 0 aliphatic carbocycles. The Hall–Kier alpha value is -3.26. The average Bonchev–Trinajstić information content (AvgIpc) is 3.14. The molecule has 1 aromatic heterocycles. The van der Waals surface area contributed by atoms with Crippen LogP contribution >= 0.6 is 11.8 Å². The normalized spacial score (nSPS) is 10.5. The number of hydrogen-bond acceptors (Lipinski definition) is 6. The van der Waals surface area contributed by atoms with E-state index in [1.54, 1.807) is 37.5 Å². The van der Waals surface area contributed by atoms with Crippen molar-refractivity contribution in [3.63, 3.8) is 0 Å². The van der Waals surface area contributed by atoms with Gasteiger partial charge in [-0.15, -0.1) is 16.8 Å². The number of rotatable bonds is 10.